The lowest BCUT2D eigenvalue weighted by Crippen LogP contribution is -2.46. The first-order valence-corrected chi connectivity index (χ1v) is 10.2. The summed E-state index contributed by atoms with van der Waals surface area (Å²) in [6.45, 7) is 4.06. The van der Waals surface area contributed by atoms with E-state index in [1.165, 1.54) is 0 Å². The first kappa shape index (κ1) is 18.7. The normalized spacial score (nSPS) is 22.3. The molecule has 2 aliphatic heterocycles. The lowest BCUT2D eigenvalue weighted by Gasteiger charge is -2.35. The molecule has 28 heavy (non-hydrogen) atoms. The van der Waals surface area contributed by atoms with Crippen molar-refractivity contribution in [3.8, 4) is 0 Å². The van der Waals surface area contributed by atoms with Gasteiger partial charge in [0.15, 0.2) is 0 Å². The van der Waals surface area contributed by atoms with E-state index < -0.39 is 0 Å². The minimum Gasteiger partial charge on any atom is -0.338 e. The van der Waals surface area contributed by atoms with Crippen molar-refractivity contribution in [1.29, 1.82) is 0 Å². The molecule has 5 nitrogen and oxygen atoms in total. The fourth-order valence-electron chi connectivity index (χ4n) is 4.44. The van der Waals surface area contributed by atoms with Crippen molar-refractivity contribution in [1.82, 2.24) is 14.8 Å². The smallest absolute Gasteiger partial charge is 0.253 e. The van der Waals surface area contributed by atoms with Crippen molar-refractivity contribution in [2.45, 2.75) is 38.6 Å². The number of benzene rings is 1. The van der Waals surface area contributed by atoms with Crippen molar-refractivity contribution >= 4 is 11.8 Å². The number of carbonyl (C=O) groups excluding carboxylic acids is 2. The molecule has 0 saturated carbocycles. The van der Waals surface area contributed by atoms with Crippen LogP contribution in [0, 0.1) is 12.8 Å². The molecule has 5 heteroatoms. The summed E-state index contributed by atoms with van der Waals surface area (Å²) in [5, 5.41) is 0. The summed E-state index contributed by atoms with van der Waals surface area (Å²) in [6, 6.07) is 11.8. The topological polar surface area (TPSA) is 53.5 Å². The van der Waals surface area contributed by atoms with Crippen LogP contribution < -0.4 is 0 Å². The van der Waals surface area contributed by atoms with E-state index in [1.807, 2.05) is 53.1 Å². The van der Waals surface area contributed by atoms with Crippen molar-refractivity contribution in [3.63, 3.8) is 0 Å². The van der Waals surface area contributed by atoms with Crippen LogP contribution in [0.15, 0.2) is 48.8 Å². The van der Waals surface area contributed by atoms with Crippen LogP contribution >= 0.6 is 0 Å². The van der Waals surface area contributed by atoms with E-state index in [0.717, 1.165) is 49.9 Å². The molecule has 2 aliphatic rings. The first-order valence-electron chi connectivity index (χ1n) is 10.2. The molecule has 146 valence electrons. The number of amides is 2. The number of hydrogen-bond acceptors (Lipinski definition) is 3. The van der Waals surface area contributed by atoms with Crippen molar-refractivity contribution < 1.29 is 9.59 Å². The molecule has 0 radical (unpaired) electrons. The molecule has 0 aliphatic carbocycles. The Morgan fingerprint density at radius 1 is 0.964 bits per heavy atom. The van der Waals surface area contributed by atoms with Gasteiger partial charge in [-0.05, 0) is 62.4 Å². The average molecular weight is 377 g/mol. The maximum Gasteiger partial charge on any atom is 0.253 e. The standard InChI is InChI=1S/C23H27N3O2/c1-17-6-8-19(9-7-17)22(27)25-14-2-4-20(16-25)23(28)26-15-3-5-21(26)18-10-12-24-13-11-18/h6-13,20-21H,2-5,14-16H2,1H3/t20-,21+/m1/s1. The Kier molecular flexibility index (Phi) is 5.42. The summed E-state index contributed by atoms with van der Waals surface area (Å²) in [6.07, 6.45) is 7.33. The van der Waals surface area contributed by atoms with Crippen LogP contribution in [-0.4, -0.2) is 46.2 Å². The van der Waals surface area contributed by atoms with E-state index in [4.69, 9.17) is 0 Å². The van der Waals surface area contributed by atoms with E-state index in [1.54, 1.807) is 12.4 Å². The zero-order chi connectivity index (χ0) is 19.5. The van der Waals surface area contributed by atoms with Crippen molar-refractivity contribution in [3.05, 3.63) is 65.5 Å². The Hall–Kier alpha value is -2.69. The number of pyridine rings is 1. The van der Waals surface area contributed by atoms with Gasteiger partial charge in [0, 0.05) is 37.6 Å². The van der Waals surface area contributed by atoms with Crippen LogP contribution in [0.4, 0.5) is 0 Å². The minimum absolute atomic E-state index is 0.0320. The number of carbonyl (C=O) groups is 2. The highest BCUT2D eigenvalue weighted by molar-refractivity contribution is 5.94. The molecule has 1 aromatic carbocycles. The zero-order valence-electron chi connectivity index (χ0n) is 16.4. The van der Waals surface area contributed by atoms with E-state index in [9.17, 15) is 9.59 Å². The SMILES string of the molecule is Cc1ccc(C(=O)N2CCC[C@@H](C(=O)N3CCC[C@H]3c3ccncc3)C2)cc1. The number of aromatic nitrogens is 1. The molecule has 2 atom stereocenters. The fourth-order valence-corrected chi connectivity index (χ4v) is 4.44. The number of aryl methyl sites for hydroxylation is 1. The van der Waals surface area contributed by atoms with Gasteiger partial charge in [-0.2, -0.15) is 0 Å². The predicted octanol–water partition coefficient (Wildman–Crippen LogP) is 3.61. The van der Waals surface area contributed by atoms with Gasteiger partial charge >= 0.3 is 0 Å². The second kappa shape index (κ2) is 8.13. The highest BCUT2D eigenvalue weighted by Crippen LogP contribution is 2.34. The van der Waals surface area contributed by atoms with Gasteiger partial charge in [-0.15, -0.1) is 0 Å². The van der Waals surface area contributed by atoms with Crippen LogP contribution in [0.3, 0.4) is 0 Å². The van der Waals surface area contributed by atoms with E-state index in [0.29, 0.717) is 12.1 Å². The third-order valence-corrected chi connectivity index (χ3v) is 5.98. The first-order chi connectivity index (χ1) is 13.6. The molecule has 2 saturated heterocycles. The highest BCUT2D eigenvalue weighted by Gasteiger charge is 2.36. The van der Waals surface area contributed by atoms with Gasteiger partial charge in [0.25, 0.3) is 5.91 Å². The number of likely N-dealkylation sites (tertiary alicyclic amines) is 2. The van der Waals surface area contributed by atoms with Gasteiger partial charge in [-0.25, -0.2) is 0 Å². The Bertz CT molecular complexity index is 835. The summed E-state index contributed by atoms with van der Waals surface area (Å²) < 4.78 is 0. The highest BCUT2D eigenvalue weighted by atomic mass is 16.2. The third-order valence-electron chi connectivity index (χ3n) is 5.98. The summed E-state index contributed by atoms with van der Waals surface area (Å²) >= 11 is 0. The lowest BCUT2D eigenvalue weighted by molar-refractivity contribution is -0.138. The fraction of sp³-hybridized carbons (Fsp3) is 0.435. The van der Waals surface area contributed by atoms with Crippen molar-refractivity contribution in [2.24, 2.45) is 5.92 Å². The van der Waals surface area contributed by atoms with Crippen LogP contribution in [0.5, 0.6) is 0 Å². The minimum atomic E-state index is -0.106. The summed E-state index contributed by atoms with van der Waals surface area (Å²) in [5.41, 5.74) is 3.00. The third kappa shape index (κ3) is 3.79. The maximum absolute atomic E-state index is 13.3. The van der Waals surface area contributed by atoms with Gasteiger partial charge in [0.2, 0.25) is 5.91 Å². The molecule has 0 bridgehead atoms. The Morgan fingerprint density at radius 3 is 2.43 bits per heavy atom. The molecular formula is C23H27N3O2. The molecular weight excluding hydrogens is 350 g/mol. The van der Waals surface area contributed by atoms with Gasteiger partial charge in [-0.1, -0.05) is 17.7 Å². The largest absolute Gasteiger partial charge is 0.338 e. The maximum atomic E-state index is 13.3. The van der Waals surface area contributed by atoms with Crippen LogP contribution in [0.25, 0.3) is 0 Å². The number of nitrogens with zero attached hydrogens (tertiary/aromatic N) is 3. The average Bonchev–Trinajstić information content (AvgIpc) is 3.24. The zero-order valence-corrected chi connectivity index (χ0v) is 16.4. The molecule has 2 fully saturated rings. The molecule has 3 heterocycles. The van der Waals surface area contributed by atoms with Gasteiger partial charge in [-0.3, -0.25) is 14.6 Å². The summed E-state index contributed by atoms with van der Waals surface area (Å²) in [5.74, 6) is 0.121. The Morgan fingerprint density at radius 2 is 1.68 bits per heavy atom. The Balaban J connectivity index is 1.46. The number of rotatable bonds is 3. The number of hydrogen-bond donors (Lipinski definition) is 0. The van der Waals surface area contributed by atoms with E-state index >= 15 is 0 Å². The molecule has 2 aromatic rings. The van der Waals surface area contributed by atoms with Crippen LogP contribution in [0.1, 0.15) is 53.2 Å². The molecule has 0 N–H and O–H groups in total. The molecule has 2 amide bonds. The second-order valence-electron chi connectivity index (χ2n) is 7.93. The molecule has 0 unspecified atom stereocenters. The lowest BCUT2D eigenvalue weighted by atomic mass is 9.95. The van der Waals surface area contributed by atoms with Gasteiger partial charge in [0.05, 0.1) is 12.0 Å². The molecule has 1 aromatic heterocycles. The van der Waals surface area contributed by atoms with Gasteiger partial charge < -0.3 is 9.80 Å². The Labute approximate surface area is 166 Å². The van der Waals surface area contributed by atoms with Crippen molar-refractivity contribution in [2.75, 3.05) is 19.6 Å². The second-order valence-corrected chi connectivity index (χ2v) is 7.93. The summed E-state index contributed by atoms with van der Waals surface area (Å²) in [4.78, 5) is 34.2. The van der Waals surface area contributed by atoms with E-state index in [2.05, 4.69) is 4.98 Å². The van der Waals surface area contributed by atoms with Gasteiger partial charge in [0.1, 0.15) is 0 Å². The monoisotopic (exact) mass is 377 g/mol. The molecule has 4 rings (SSSR count). The quantitative estimate of drug-likeness (QED) is 0.821. The predicted molar refractivity (Wildman–Crippen MR) is 108 cm³/mol. The number of piperidine rings is 1. The van der Waals surface area contributed by atoms with Crippen LogP contribution in [0.2, 0.25) is 0 Å². The van der Waals surface area contributed by atoms with Crippen LogP contribution in [-0.2, 0) is 4.79 Å². The molecule has 0 spiro atoms. The summed E-state index contributed by atoms with van der Waals surface area (Å²) in [7, 11) is 0. The van der Waals surface area contributed by atoms with E-state index in [-0.39, 0.29) is 23.8 Å².